The molecule has 1 saturated heterocycles. The Bertz CT molecular complexity index is 553. The van der Waals surface area contributed by atoms with Crippen LogP contribution < -0.4 is 5.32 Å². The summed E-state index contributed by atoms with van der Waals surface area (Å²) >= 11 is 10.2. The Morgan fingerprint density at radius 3 is 2.17 bits per heavy atom. The first-order valence-corrected chi connectivity index (χ1v) is 9.28. The summed E-state index contributed by atoms with van der Waals surface area (Å²) in [5.74, 6) is -0.237. The molecule has 2 N–H and O–H groups in total. The van der Waals surface area contributed by atoms with E-state index >= 15 is 0 Å². The van der Waals surface area contributed by atoms with Gasteiger partial charge in [0.15, 0.2) is 9.84 Å². The first kappa shape index (κ1) is 14.8. The molecular weight excluding hydrogens is 454 g/mol. The molecule has 8 heteroatoms. The third-order valence-corrected chi connectivity index (χ3v) is 6.08. The molecule has 1 aromatic rings. The molecule has 1 heterocycles. The Morgan fingerprint density at radius 2 is 1.72 bits per heavy atom. The number of aliphatic hydroxyl groups excluding tert-OH is 1. The minimum atomic E-state index is -3.15. The molecule has 4 nitrogen and oxygen atoms in total. The van der Waals surface area contributed by atoms with Crippen molar-refractivity contribution in [2.45, 2.75) is 12.1 Å². The SMILES string of the molecule is O=S1(=O)CC(O)C(Nc2c(Br)cc(Br)cc2Br)C1. The van der Waals surface area contributed by atoms with Crippen LogP contribution in [0.2, 0.25) is 0 Å². The van der Waals surface area contributed by atoms with E-state index in [4.69, 9.17) is 0 Å². The number of sulfone groups is 1. The largest absolute Gasteiger partial charge is 0.390 e. The second kappa shape index (κ2) is 5.40. The number of hydrogen-bond donors (Lipinski definition) is 2. The fourth-order valence-corrected chi connectivity index (χ4v) is 6.06. The molecule has 0 spiro atoms. The van der Waals surface area contributed by atoms with Crippen LogP contribution in [-0.2, 0) is 9.84 Å². The van der Waals surface area contributed by atoms with Gasteiger partial charge in [0.25, 0.3) is 0 Å². The van der Waals surface area contributed by atoms with E-state index in [0.29, 0.717) is 0 Å². The normalized spacial score (nSPS) is 26.2. The van der Waals surface area contributed by atoms with E-state index in [0.717, 1.165) is 19.1 Å². The molecule has 100 valence electrons. The average Bonchev–Trinajstić information content (AvgIpc) is 2.45. The van der Waals surface area contributed by atoms with Crippen LogP contribution in [0.5, 0.6) is 0 Å². The molecule has 0 radical (unpaired) electrons. The van der Waals surface area contributed by atoms with Crippen molar-refractivity contribution in [2.24, 2.45) is 0 Å². The van der Waals surface area contributed by atoms with Crippen LogP contribution >= 0.6 is 47.8 Å². The summed E-state index contributed by atoms with van der Waals surface area (Å²) in [5, 5.41) is 12.8. The Labute approximate surface area is 130 Å². The lowest BCUT2D eigenvalue weighted by molar-refractivity contribution is 0.190. The van der Waals surface area contributed by atoms with Gasteiger partial charge in [-0.1, -0.05) is 15.9 Å². The number of aliphatic hydroxyl groups is 1. The third kappa shape index (κ3) is 3.27. The molecule has 1 aromatic carbocycles. The van der Waals surface area contributed by atoms with E-state index in [2.05, 4.69) is 53.1 Å². The van der Waals surface area contributed by atoms with Gasteiger partial charge in [0.2, 0.25) is 0 Å². The lowest BCUT2D eigenvalue weighted by Crippen LogP contribution is -2.32. The Morgan fingerprint density at radius 1 is 1.17 bits per heavy atom. The van der Waals surface area contributed by atoms with Crippen LogP contribution in [0.3, 0.4) is 0 Å². The zero-order valence-electron chi connectivity index (χ0n) is 9.03. The first-order chi connectivity index (χ1) is 8.28. The summed E-state index contributed by atoms with van der Waals surface area (Å²) in [7, 11) is -3.15. The number of halogens is 3. The second-order valence-electron chi connectivity index (χ2n) is 4.14. The average molecular weight is 464 g/mol. The predicted octanol–water partition coefficient (Wildman–Crippen LogP) is 2.54. The number of anilines is 1. The van der Waals surface area contributed by atoms with Crippen molar-refractivity contribution in [3.05, 3.63) is 25.6 Å². The zero-order chi connectivity index (χ0) is 13.5. The molecule has 0 aromatic heterocycles. The standard InChI is InChI=1S/C10H10Br3NO3S/c11-5-1-6(12)10(7(13)2-5)14-8-3-18(16,17)4-9(8)15/h1-2,8-9,14-15H,3-4H2. The highest BCUT2D eigenvalue weighted by molar-refractivity contribution is 9.11. The van der Waals surface area contributed by atoms with Crippen LogP contribution in [-0.4, -0.2) is 37.2 Å². The van der Waals surface area contributed by atoms with Crippen molar-refractivity contribution in [1.82, 2.24) is 0 Å². The Hall–Kier alpha value is 0.370. The van der Waals surface area contributed by atoms with Gasteiger partial charge in [-0.05, 0) is 44.0 Å². The molecular formula is C10H10Br3NO3S. The third-order valence-electron chi connectivity index (χ3n) is 2.66. The Kier molecular flexibility index (Phi) is 4.43. The van der Waals surface area contributed by atoms with Crippen molar-refractivity contribution in [2.75, 3.05) is 16.8 Å². The van der Waals surface area contributed by atoms with Gasteiger partial charge in [-0.2, -0.15) is 0 Å². The highest BCUT2D eigenvalue weighted by Crippen LogP contribution is 2.35. The van der Waals surface area contributed by atoms with Crippen molar-refractivity contribution in [1.29, 1.82) is 0 Å². The lowest BCUT2D eigenvalue weighted by atomic mass is 10.2. The van der Waals surface area contributed by atoms with Gasteiger partial charge in [-0.15, -0.1) is 0 Å². The van der Waals surface area contributed by atoms with Gasteiger partial charge in [0.1, 0.15) is 0 Å². The van der Waals surface area contributed by atoms with Crippen LogP contribution in [0.15, 0.2) is 25.6 Å². The summed E-state index contributed by atoms with van der Waals surface area (Å²) < 4.78 is 25.3. The van der Waals surface area contributed by atoms with Gasteiger partial charge in [0.05, 0.1) is 29.3 Å². The molecule has 1 aliphatic heterocycles. The van der Waals surface area contributed by atoms with E-state index in [1.165, 1.54) is 0 Å². The van der Waals surface area contributed by atoms with Gasteiger partial charge >= 0.3 is 0 Å². The predicted molar refractivity (Wildman–Crippen MR) is 81.6 cm³/mol. The van der Waals surface area contributed by atoms with Crippen molar-refractivity contribution < 1.29 is 13.5 Å². The number of benzene rings is 1. The van der Waals surface area contributed by atoms with E-state index in [-0.39, 0.29) is 11.5 Å². The fraction of sp³-hybridized carbons (Fsp3) is 0.400. The highest BCUT2D eigenvalue weighted by Gasteiger charge is 2.36. The van der Waals surface area contributed by atoms with Crippen molar-refractivity contribution in [3.8, 4) is 0 Å². The fourth-order valence-electron chi connectivity index (χ4n) is 1.83. The quantitative estimate of drug-likeness (QED) is 0.707. The van der Waals surface area contributed by atoms with E-state index in [9.17, 15) is 13.5 Å². The Balaban J connectivity index is 2.26. The van der Waals surface area contributed by atoms with Gasteiger partial charge in [0, 0.05) is 13.4 Å². The lowest BCUT2D eigenvalue weighted by Gasteiger charge is -2.19. The molecule has 2 rings (SSSR count). The van der Waals surface area contributed by atoms with Crippen molar-refractivity contribution in [3.63, 3.8) is 0 Å². The maximum absolute atomic E-state index is 11.4. The van der Waals surface area contributed by atoms with Crippen LogP contribution in [0.1, 0.15) is 0 Å². The van der Waals surface area contributed by atoms with Gasteiger partial charge in [-0.25, -0.2) is 8.42 Å². The summed E-state index contributed by atoms with van der Waals surface area (Å²) in [5.41, 5.74) is 0.736. The summed E-state index contributed by atoms with van der Waals surface area (Å²) in [6.45, 7) is 0. The molecule has 2 unspecified atom stereocenters. The molecule has 0 amide bonds. The molecule has 18 heavy (non-hydrogen) atoms. The maximum atomic E-state index is 11.4. The number of nitrogens with one attached hydrogen (secondary N) is 1. The highest BCUT2D eigenvalue weighted by atomic mass is 79.9. The minimum Gasteiger partial charge on any atom is -0.390 e. The molecule has 2 atom stereocenters. The van der Waals surface area contributed by atoms with E-state index in [1.807, 2.05) is 12.1 Å². The van der Waals surface area contributed by atoms with Gasteiger partial charge < -0.3 is 10.4 Å². The van der Waals surface area contributed by atoms with Crippen molar-refractivity contribution >= 4 is 63.3 Å². The summed E-state index contributed by atoms with van der Waals surface area (Å²) in [4.78, 5) is 0. The molecule has 0 saturated carbocycles. The second-order valence-corrected chi connectivity index (χ2v) is 8.92. The maximum Gasteiger partial charge on any atom is 0.155 e. The monoisotopic (exact) mass is 461 g/mol. The molecule has 1 aliphatic rings. The smallest absolute Gasteiger partial charge is 0.155 e. The van der Waals surface area contributed by atoms with Crippen LogP contribution in [0.4, 0.5) is 5.69 Å². The zero-order valence-corrected chi connectivity index (χ0v) is 14.6. The van der Waals surface area contributed by atoms with E-state index < -0.39 is 22.0 Å². The van der Waals surface area contributed by atoms with Crippen LogP contribution in [0, 0.1) is 0 Å². The van der Waals surface area contributed by atoms with Crippen LogP contribution in [0.25, 0.3) is 0 Å². The molecule has 0 aliphatic carbocycles. The number of hydrogen-bond acceptors (Lipinski definition) is 4. The topological polar surface area (TPSA) is 66.4 Å². The summed E-state index contributed by atoms with van der Waals surface area (Å²) in [6.07, 6.45) is -0.877. The van der Waals surface area contributed by atoms with E-state index in [1.54, 1.807) is 0 Å². The molecule has 0 bridgehead atoms. The summed E-state index contributed by atoms with van der Waals surface area (Å²) in [6, 6.07) is 3.22. The van der Waals surface area contributed by atoms with Gasteiger partial charge in [-0.3, -0.25) is 0 Å². The first-order valence-electron chi connectivity index (χ1n) is 5.08. The molecule has 1 fully saturated rings. The minimum absolute atomic E-state index is 0.0525. The number of rotatable bonds is 2.